The minimum Gasteiger partial charge on any atom is -0.393 e. The number of aromatic nitrogens is 3. The van der Waals surface area contributed by atoms with Crippen molar-refractivity contribution in [3.05, 3.63) is 5.82 Å². The maximum atomic E-state index is 8.93. The second-order valence-electron chi connectivity index (χ2n) is 2.36. The van der Waals surface area contributed by atoms with Crippen LogP contribution in [0.15, 0.2) is 5.16 Å². The molecule has 1 heterocycles. The van der Waals surface area contributed by atoms with Crippen molar-refractivity contribution in [1.29, 1.82) is 0 Å². The Kier molecular flexibility index (Phi) is 2.90. The van der Waals surface area contributed by atoms with Crippen LogP contribution in [0.3, 0.4) is 0 Å². The van der Waals surface area contributed by atoms with Gasteiger partial charge in [-0.2, -0.15) is 0 Å². The van der Waals surface area contributed by atoms with E-state index in [1.54, 1.807) is 6.92 Å². The van der Waals surface area contributed by atoms with Crippen LogP contribution in [0, 0.1) is 6.92 Å². The summed E-state index contributed by atoms with van der Waals surface area (Å²) in [5.41, 5.74) is 0. The van der Waals surface area contributed by atoms with Crippen molar-refractivity contribution in [2.45, 2.75) is 25.1 Å². The molecule has 2 N–H and O–H groups in total. The molecule has 0 aliphatic heterocycles. The van der Waals surface area contributed by atoms with E-state index in [0.717, 1.165) is 5.82 Å². The summed E-state index contributed by atoms with van der Waals surface area (Å²) in [7, 11) is 0. The van der Waals surface area contributed by atoms with Gasteiger partial charge < -0.3 is 5.11 Å². The van der Waals surface area contributed by atoms with Gasteiger partial charge in [0.15, 0.2) is 0 Å². The third kappa shape index (κ3) is 2.90. The molecular weight excluding hydrogens is 162 g/mol. The van der Waals surface area contributed by atoms with Gasteiger partial charge in [0.25, 0.3) is 0 Å². The number of rotatable bonds is 3. The third-order valence-electron chi connectivity index (χ3n) is 1.03. The Morgan fingerprint density at radius 2 is 2.45 bits per heavy atom. The number of aliphatic hydroxyl groups excluding tert-OH is 1. The number of aliphatic hydroxyl groups is 1. The van der Waals surface area contributed by atoms with Crippen molar-refractivity contribution < 1.29 is 5.11 Å². The average molecular weight is 173 g/mol. The van der Waals surface area contributed by atoms with Crippen LogP contribution in [0.2, 0.25) is 0 Å². The van der Waals surface area contributed by atoms with E-state index in [2.05, 4.69) is 15.2 Å². The Balaban J connectivity index is 2.39. The molecule has 0 bridgehead atoms. The molecule has 0 aliphatic carbocycles. The van der Waals surface area contributed by atoms with Crippen LogP contribution in [-0.4, -0.2) is 32.1 Å². The number of nitrogens with one attached hydrogen (secondary N) is 1. The number of thioether (sulfide) groups is 1. The van der Waals surface area contributed by atoms with E-state index in [9.17, 15) is 0 Å². The second-order valence-corrected chi connectivity index (χ2v) is 3.35. The highest BCUT2D eigenvalue weighted by Gasteiger charge is 2.02. The van der Waals surface area contributed by atoms with Crippen LogP contribution in [0.1, 0.15) is 12.7 Å². The van der Waals surface area contributed by atoms with Crippen LogP contribution in [-0.2, 0) is 0 Å². The molecule has 1 aromatic heterocycles. The van der Waals surface area contributed by atoms with Crippen molar-refractivity contribution >= 4 is 11.8 Å². The number of nitrogens with zero attached hydrogens (tertiary/aromatic N) is 2. The zero-order chi connectivity index (χ0) is 8.27. The first-order valence-electron chi connectivity index (χ1n) is 3.38. The van der Waals surface area contributed by atoms with Gasteiger partial charge in [-0.3, -0.25) is 5.10 Å². The molecule has 0 saturated heterocycles. The molecule has 0 fully saturated rings. The molecule has 0 amide bonds. The Labute approximate surface area is 69.4 Å². The number of aromatic amines is 1. The smallest absolute Gasteiger partial charge is 0.208 e. The van der Waals surface area contributed by atoms with Gasteiger partial charge in [-0.25, -0.2) is 4.98 Å². The monoisotopic (exact) mass is 173 g/mol. The molecule has 0 radical (unpaired) electrons. The van der Waals surface area contributed by atoms with Crippen LogP contribution in [0.25, 0.3) is 0 Å². The average Bonchev–Trinajstić information content (AvgIpc) is 2.31. The number of hydrogen-bond acceptors (Lipinski definition) is 4. The van der Waals surface area contributed by atoms with E-state index in [1.807, 2.05) is 6.92 Å². The van der Waals surface area contributed by atoms with E-state index in [4.69, 9.17) is 5.11 Å². The molecule has 0 aromatic carbocycles. The molecule has 5 heteroatoms. The maximum absolute atomic E-state index is 8.93. The summed E-state index contributed by atoms with van der Waals surface area (Å²) in [5.74, 6) is 1.44. The van der Waals surface area contributed by atoms with E-state index >= 15 is 0 Å². The van der Waals surface area contributed by atoms with Crippen LogP contribution >= 0.6 is 11.8 Å². The third-order valence-corrected chi connectivity index (χ3v) is 2.12. The predicted octanol–water partition coefficient (Wildman–Crippen LogP) is 0.586. The van der Waals surface area contributed by atoms with Crippen LogP contribution < -0.4 is 0 Å². The molecule has 1 unspecified atom stereocenters. The standard InChI is InChI=1S/C6H11N3OS/c1-4(10)3-11-6-7-5(2)8-9-6/h4,10H,3H2,1-2H3,(H,7,8,9). The lowest BCUT2D eigenvalue weighted by Crippen LogP contribution is -2.02. The van der Waals surface area contributed by atoms with Crippen molar-refractivity contribution in [3.8, 4) is 0 Å². The molecule has 0 saturated carbocycles. The fourth-order valence-corrected chi connectivity index (χ4v) is 1.28. The highest BCUT2D eigenvalue weighted by atomic mass is 32.2. The highest BCUT2D eigenvalue weighted by molar-refractivity contribution is 7.99. The quantitative estimate of drug-likeness (QED) is 0.656. The highest BCUT2D eigenvalue weighted by Crippen LogP contribution is 2.12. The fraction of sp³-hybridized carbons (Fsp3) is 0.667. The van der Waals surface area contributed by atoms with E-state index in [-0.39, 0.29) is 6.10 Å². The summed E-state index contributed by atoms with van der Waals surface area (Å²) in [6.45, 7) is 3.59. The molecule has 11 heavy (non-hydrogen) atoms. The van der Waals surface area contributed by atoms with Crippen molar-refractivity contribution in [1.82, 2.24) is 15.2 Å². The van der Waals surface area contributed by atoms with Gasteiger partial charge in [0.1, 0.15) is 5.82 Å². The summed E-state index contributed by atoms with van der Waals surface area (Å²) in [5, 5.41) is 16.3. The summed E-state index contributed by atoms with van der Waals surface area (Å²) >= 11 is 1.45. The van der Waals surface area contributed by atoms with Gasteiger partial charge in [-0.05, 0) is 13.8 Å². The lowest BCUT2D eigenvalue weighted by molar-refractivity contribution is 0.220. The predicted molar refractivity (Wildman–Crippen MR) is 43.5 cm³/mol. The lowest BCUT2D eigenvalue weighted by Gasteiger charge is -1.98. The molecule has 0 aliphatic rings. The Bertz CT molecular complexity index is 223. The maximum Gasteiger partial charge on any atom is 0.208 e. The molecule has 62 valence electrons. The van der Waals surface area contributed by atoms with Gasteiger partial charge in [0.05, 0.1) is 6.10 Å². The van der Waals surface area contributed by atoms with Crippen molar-refractivity contribution in [2.75, 3.05) is 5.75 Å². The zero-order valence-corrected chi connectivity index (χ0v) is 7.35. The SMILES string of the molecule is Cc1nc(SCC(C)O)n[nH]1. The minimum absolute atomic E-state index is 0.307. The summed E-state index contributed by atoms with van der Waals surface area (Å²) < 4.78 is 0. The zero-order valence-electron chi connectivity index (χ0n) is 6.53. The normalized spacial score (nSPS) is 13.4. The molecule has 1 rings (SSSR count). The van der Waals surface area contributed by atoms with Gasteiger partial charge in [-0.15, -0.1) is 5.10 Å². The molecule has 1 aromatic rings. The molecule has 0 spiro atoms. The fourth-order valence-electron chi connectivity index (χ4n) is 0.582. The Hall–Kier alpha value is -0.550. The first-order chi connectivity index (χ1) is 5.18. The first kappa shape index (κ1) is 8.55. The van der Waals surface area contributed by atoms with Gasteiger partial charge >= 0.3 is 0 Å². The number of aryl methyl sites for hydroxylation is 1. The lowest BCUT2D eigenvalue weighted by atomic mass is 10.5. The summed E-state index contributed by atoms with van der Waals surface area (Å²) in [6, 6.07) is 0. The van der Waals surface area contributed by atoms with Gasteiger partial charge in [0, 0.05) is 5.75 Å². The minimum atomic E-state index is -0.307. The first-order valence-corrected chi connectivity index (χ1v) is 4.37. The number of hydrogen-bond donors (Lipinski definition) is 2. The number of H-pyrrole nitrogens is 1. The van der Waals surface area contributed by atoms with Crippen molar-refractivity contribution in [3.63, 3.8) is 0 Å². The topological polar surface area (TPSA) is 61.8 Å². The van der Waals surface area contributed by atoms with E-state index < -0.39 is 0 Å². The summed E-state index contributed by atoms with van der Waals surface area (Å²) in [4.78, 5) is 4.07. The second kappa shape index (κ2) is 3.73. The van der Waals surface area contributed by atoms with Crippen LogP contribution in [0.4, 0.5) is 0 Å². The molecule has 4 nitrogen and oxygen atoms in total. The largest absolute Gasteiger partial charge is 0.393 e. The van der Waals surface area contributed by atoms with Crippen molar-refractivity contribution in [2.24, 2.45) is 0 Å². The molecule has 1 atom stereocenters. The molecular formula is C6H11N3OS. The van der Waals surface area contributed by atoms with E-state index in [0.29, 0.717) is 10.9 Å². The Morgan fingerprint density at radius 1 is 1.73 bits per heavy atom. The van der Waals surface area contributed by atoms with E-state index in [1.165, 1.54) is 11.8 Å². The Morgan fingerprint density at radius 3 is 2.91 bits per heavy atom. The van der Waals surface area contributed by atoms with Gasteiger partial charge in [0.2, 0.25) is 5.16 Å². The summed E-state index contributed by atoms with van der Waals surface area (Å²) in [6.07, 6.45) is -0.307. The van der Waals surface area contributed by atoms with Crippen LogP contribution in [0.5, 0.6) is 0 Å². The van der Waals surface area contributed by atoms with Gasteiger partial charge in [-0.1, -0.05) is 11.8 Å².